The first kappa shape index (κ1) is 20.2. The SMILES string of the molecule is C[C@H]1COCCN1c1nc2n(c(=O)c1F)CC[C@@H](C(C)(F)F)N2CC(=O)C1CC1. The largest absolute Gasteiger partial charge is 0.377 e. The third-order valence-corrected chi connectivity index (χ3v) is 5.92. The lowest BCUT2D eigenvalue weighted by Crippen LogP contribution is -2.55. The molecule has 3 heterocycles. The fourth-order valence-electron chi connectivity index (χ4n) is 4.12. The zero-order valence-electron chi connectivity index (χ0n) is 16.5. The molecule has 1 aliphatic carbocycles. The Hall–Kier alpha value is -2.10. The fraction of sp³-hybridized carbons (Fsp3) is 0.737. The first-order chi connectivity index (χ1) is 13.7. The van der Waals surface area contributed by atoms with E-state index in [0.29, 0.717) is 19.8 Å². The maximum atomic E-state index is 14.9. The van der Waals surface area contributed by atoms with E-state index in [1.54, 1.807) is 4.90 Å². The molecule has 0 N–H and O–H groups in total. The van der Waals surface area contributed by atoms with E-state index in [2.05, 4.69) is 4.98 Å². The van der Waals surface area contributed by atoms with Gasteiger partial charge in [-0.25, -0.2) is 8.78 Å². The number of ketones is 1. The lowest BCUT2D eigenvalue weighted by Gasteiger charge is -2.41. The molecule has 1 aromatic rings. The summed E-state index contributed by atoms with van der Waals surface area (Å²) in [5.74, 6) is -4.60. The minimum absolute atomic E-state index is 0.0585. The summed E-state index contributed by atoms with van der Waals surface area (Å²) in [6.45, 7) is 3.32. The summed E-state index contributed by atoms with van der Waals surface area (Å²) in [6.07, 6.45) is 1.43. The van der Waals surface area contributed by atoms with Gasteiger partial charge in [-0.2, -0.15) is 9.37 Å². The van der Waals surface area contributed by atoms with E-state index in [1.165, 1.54) is 4.90 Å². The van der Waals surface area contributed by atoms with Crippen LogP contribution in [0.3, 0.4) is 0 Å². The third kappa shape index (κ3) is 3.74. The highest BCUT2D eigenvalue weighted by atomic mass is 19.3. The van der Waals surface area contributed by atoms with Crippen LogP contribution in [-0.2, 0) is 16.1 Å². The predicted molar refractivity (Wildman–Crippen MR) is 100 cm³/mol. The van der Waals surface area contributed by atoms with Crippen LogP contribution < -0.4 is 15.4 Å². The van der Waals surface area contributed by atoms with Crippen molar-refractivity contribution in [1.29, 1.82) is 0 Å². The summed E-state index contributed by atoms with van der Waals surface area (Å²) in [7, 11) is 0. The van der Waals surface area contributed by atoms with Crippen LogP contribution in [0.15, 0.2) is 4.79 Å². The molecule has 2 atom stereocenters. The first-order valence-corrected chi connectivity index (χ1v) is 10.0. The summed E-state index contributed by atoms with van der Waals surface area (Å²) in [5.41, 5.74) is -0.898. The van der Waals surface area contributed by atoms with Gasteiger partial charge in [-0.05, 0) is 26.2 Å². The number of nitrogens with zero attached hydrogens (tertiary/aromatic N) is 4. The topological polar surface area (TPSA) is 67.7 Å². The Labute approximate surface area is 166 Å². The number of alkyl halides is 2. The predicted octanol–water partition coefficient (Wildman–Crippen LogP) is 1.82. The second-order valence-electron chi connectivity index (χ2n) is 8.25. The molecule has 7 nitrogen and oxygen atoms in total. The second-order valence-corrected chi connectivity index (χ2v) is 8.25. The molecule has 3 aliphatic rings. The van der Waals surface area contributed by atoms with Gasteiger partial charge in [0.2, 0.25) is 11.8 Å². The molecular formula is C19H25F3N4O3. The van der Waals surface area contributed by atoms with E-state index in [-0.39, 0.29) is 49.0 Å². The van der Waals surface area contributed by atoms with Crippen LogP contribution in [0.1, 0.15) is 33.1 Å². The maximum Gasteiger partial charge on any atom is 0.293 e. The number of hydrogen-bond acceptors (Lipinski definition) is 6. The zero-order valence-corrected chi connectivity index (χ0v) is 16.5. The van der Waals surface area contributed by atoms with Gasteiger partial charge in [-0.1, -0.05) is 0 Å². The Balaban J connectivity index is 1.79. The highest BCUT2D eigenvalue weighted by molar-refractivity contribution is 5.87. The molecule has 2 fully saturated rings. The van der Waals surface area contributed by atoms with Gasteiger partial charge in [-0.15, -0.1) is 0 Å². The van der Waals surface area contributed by atoms with Gasteiger partial charge >= 0.3 is 0 Å². The second kappa shape index (κ2) is 7.30. The minimum atomic E-state index is -3.10. The summed E-state index contributed by atoms with van der Waals surface area (Å²) in [4.78, 5) is 32.3. The molecule has 0 bridgehead atoms. The van der Waals surface area contributed by atoms with E-state index >= 15 is 0 Å². The number of aromatic nitrogens is 2. The third-order valence-electron chi connectivity index (χ3n) is 5.92. The van der Waals surface area contributed by atoms with E-state index in [4.69, 9.17) is 4.74 Å². The number of halogens is 3. The van der Waals surface area contributed by atoms with Crippen molar-refractivity contribution in [1.82, 2.24) is 9.55 Å². The molecule has 0 spiro atoms. The molecule has 1 saturated heterocycles. The van der Waals surface area contributed by atoms with Crippen molar-refractivity contribution in [3.63, 3.8) is 0 Å². The number of anilines is 2. The molecule has 160 valence electrons. The van der Waals surface area contributed by atoms with Gasteiger partial charge in [-0.3, -0.25) is 14.2 Å². The van der Waals surface area contributed by atoms with Gasteiger partial charge in [0.15, 0.2) is 11.6 Å². The van der Waals surface area contributed by atoms with E-state index in [1.807, 2.05) is 6.92 Å². The van der Waals surface area contributed by atoms with Crippen molar-refractivity contribution >= 4 is 17.5 Å². The lowest BCUT2D eigenvalue weighted by atomic mass is 10.0. The standard InChI is InChI=1S/C19H25F3N4O3/c1-11-10-29-8-7-24(11)16-15(20)17(28)25-6-5-14(19(2,21)22)26(18(25)23-16)9-13(27)12-3-4-12/h11-12,14H,3-10H2,1-2H3/t11-,14-/m0/s1. The monoisotopic (exact) mass is 414 g/mol. The number of morpholine rings is 1. The average Bonchev–Trinajstić information content (AvgIpc) is 3.50. The summed E-state index contributed by atoms with van der Waals surface area (Å²) in [6, 6.07) is -1.50. The number of carbonyl (C=O) groups excluding carboxylic acids is 1. The van der Waals surface area contributed by atoms with Crippen molar-refractivity contribution < 1.29 is 22.7 Å². The van der Waals surface area contributed by atoms with Crippen molar-refractivity contribution in [3.8, 4) is 0 Å². The smallest absolute Gasteiger partial charge is 0.293 e. The van der Waals surface area contributed by atoms with E-state index in [9.17, 15) is 22.8 Å². The molecule has 0 aromatic carbocycles. The Morgan fingerprint density at radius 1 is 1.28 bits per heavy atom. The summed E-state index contributed by atoms with van der Waals surface area (Å²) in [5, 5.41) is 0. The van der Waals surface area contributed by atoms with Gasteiger partial charge < -0.3 is 14.5 Å². The lowest BCUT2D eigenvalue weighted by molar-refractivity contribution is -0.119. The van der Waals surface area contributed by atoms with Crippen molar-refractivity contribution in [2.45, 2.75) is 57.7 Å². The van der Waals surface area contributed by atoms with Crippen LogP contribution in [0.2, 0.25) is 0 Å². The van der Waals surface area contributed by atoms with Gasteiger partial charge in [0.25, 0.3) is 11.5 Å². The molecule has 1 aromatic heterocycles. The zero-order chi connectivity index (χ0) is 20.9. The number of ether oxygens (including phenoxy) is 1. The van der Waals surface area contributed by atoms with Crippen molar-refractivity contribution in [3.05, 3.63) is 16.2 Å². The number of Topliss-reactive ketones (excluding diaryl/α,β-unsaturated/α-hetero) is 1. The van der Waals surface area contributed by atoms with Crippen LogP contribution >= 0.6 is 0 Å². The molecule has 4 rings (SSSR count). The highest BCUT2D eigenvalue weighted by Crippen LogP contribution is 2.36. The van der Waals surface area contributed by atoms with E-state index in [0.717, 1.165) is 24.3 Å². The average molecular weight is 414 g/mol. The summed E-state index contributed by atoms with van der Waals surface area (Å²) < 4.78 is 50.0. The molecule has 1 saturated carbocycles. The summed E-state index contributed by atoms with van der Waals surface area (Å²) >= 11 is 0. The normalized spacial score (nSPS) is 25.1. The Morgan fingerprint density at radius 2 is 2.00 bits per heavy atom. The fourth-order valence-corrected chi connectivity index (χ4v) is 4.12. The molecule has 0 unspecified atom stereocenters. The quantitative estimate of drug-likeness (QED) is 0.732. The van der Waals surface area contributed by atoms with Crippen molar-refractivity contribution in [2.24, 2.45) is 5.92 Å². The van der Waals surface area contributed by atoms with Crippen molar-refractivity contribution in [2.75, 3.05) is 36.1 Å². The Morgan fingerprint density at radius 3 is 2.62 bits per heavy atom. The number of carbonyl (C=O) groups is 1. The van der Waals surface area contributed by atoms with Gasteiger partial charge in [0.1, 0.15) is 0 Å². The van der Waals surface area contributed by atoms with Crippen LogP contribution in [0.25, 0.3) is 0 Å². The molecule has 10 heteroatoms. The van der Waals surface area contributed by atoms with E-state index < -0.39 is 23.3 Å². The van der Waals surface area contributed by atoms with Crippen LogP contribution in [0.4, 0.5) is 24.9 Å². The number of fused-ring (bicyclic) bond motifs is 1. The highest BCUT2D eigenvalue weighted by Gasteiger charge is 2.45. The van der Waals surface area contributed by atoms with Crippen LogP contribution in [0.5, 0.6) is 0 Å². The minimum Gasteiger partial charge on any atom is -0.377 e. The molecule has 2 aliphatic heterocycles. The number of hydrogen-bond donors (Lipinski definition) is 0. The van der Waals surface area contributed by atoms with Crippen LogP contribution in [-0.4, -0.2) is 59.6 Å². The maximum absolute atomic E-state index is 14.9. The van der Waals surface area contributed by atoms with Crippen LogP contribution in [0, 0.1) is 11.7 Å². The van der Waals surface area contributed by atoms with Gasteiger partial charge in [0.05, 0.1) is 31.8 Å². The molecule has 0 amide bonds. The molecular weight excluding hydrogens is 389 g/mol. The Kier molecular flexibility index (Phi) is 5.08. The van der Waals surface area contributed by atoms with Gasteiger partial charge in [0, 0.05) is 25.9 Å². The Bertz CT molecular complexity index is 865. The first-order valence-electron chi connectivity index (χ1n) is 10.0. The molecule has 0 radical (unpaired) electrons. The number of rotatable bonds is 5. The molecule has 29 heavy (non-hydrogen) atoms.